The van der Waals surface area contributed by atoms with E-state index in [2.05, 4.69) is 15.2 Å². The van der Waals surface area contributed by atoms with Crippen molar-refractivity contribution in [1.82, 2.24) is 10.3 Å². The summed E-state index contributed by atoms with van der Waals surface area (Å²) >= 11 is 0. The summed E-state index contributed by atoms with van der Waals surface area (Å²) in [5.74, 6) is -0.919. The molecule has 94 valence electrons. The van der Waals surface area contributed by atoms with E-state index in [1.807, 2.05) is 18.2 Å². The van der Waals surface area contributed by atoms with Gasteiger partial charge < -0.3 is 20.3 Å². The van der Waals surface area contributed by atoms with Crippen LogP contribution in [0.3, 0.4) is 0 Å². The number of H-pyrrole nitrogens is 1. The normalized spacial score (nSPS) is 16.1. The van der Waals surface area contributed by atoms with E-state index in [0.29, 0.717) is 0 Å². The van der Waals surface area contributed by atoms with E-state index >= 15 is 0 Å². The Labute approximate surface area is 104 Å². The van der Waals surface area contributed by atoms with Gasteiger partial charge in [0.1, 0.15) is 5.69 Å². The number of carboxylic acid groups (broad SMARTS) is 1. The van der Waals surface area contributed by atoms with Crippen LogP contribution in [0.1, 0.15) is 10.5 Å². The van der Waals surface area contributed by atoms with Crippen LogP contribution >= 0.6 is 0 Å². The molecule has 0 bridgehead atoms. The predicted octanol–water partition coefficient (Wildman–Crippen LogP) is 1.28. The number of carboxylic acids is 1. The zero-order valence-corrected chi connectivity index (χ0v) is 9.94. The number of aromatic nitrogens is 1. The number of benzene rings is 1. The molecule has 1 fully saturated rings. The molecule has 3 N–H and O–H groups in total. The largest absolute Gasteiger partial charge is 0.477 e. The number of piperazine rings is 1. The Hall–Kier alpha value is -2.01. The average molecular weight is 245 g/mol. The number of carbonyl (C=O) groups is 1. The molecule has 1 aromatic carbocycles. The maximum Gasteiger partial charge on any atom is 0.352 e. The summed E-state index contributed by atoms with van der Waals surface area (Å²) in [5.41, 5.74) is 2.23. The van der Waals surface area contributed by atoms with Crippen LogP contribution in [-0.4, -0.2) is 42.2 Å². The monoisotopic (exact) mass is 245 g/mol. The zero-order valence-electron chi connectivity index (χ0n) is 9.94. The zero-order chi connectivity index (χ0) is 12.5. The second-order valence-corrected chi connectivity index (χ2v) is 4.46. The lowest BCUT2D eigenvalue weighted by Crippen LogP contribution is -2.43. The summed E-state index contributed by atoms with van der Waals surface area (Å²) in [6.45, 7) is 3.83. The Bertz CT molecular complexity index is 585. The average Bonchev–Trinajstić information content (AvgIpc) is 2.83. The first-order valence-electron chi connectivity index (χ1n) is 6.06. The minimum absolute atomic E-state index is 0.243. The van der Waals surface area contributed by atoms with Crippen molar-refractivity contribution in [2.45, 2.75) is 0 Å². The number of rotatable bonds is 2. The molecule has 1 aliphatic heterocycles. The molecular weight excluding hydrogens is 230 g/mol. The van der Waals surface area contributed by atoms with Crippen molar-refractivity contribution in [3.05, 3.63) is 30.0 Å². The molecule has 0 unspecified atom stereocenters. The van der Waals surface area contributed by atoms with Gasteiger partial charge in [-0.15, -0.1) is 0 Å². The fourth-order valence-electron chi connectivity index (χ4n) is 2.44. The molecule has 5 heteroatoms. The van der Waals surface area contributed by atoms with Gasteiger partial charge in [0, 0.05) is 42.8 Å². The second kappa shape index (κ2) is 4.34. The molecule has 0 spiro atoms. The Kier molecular flexibility index (Phi) is 2.68. The second-order valence-electron chi connectivity index (χ2n) is 4.46. The van der Waals surface area contributed by atoms with Gasteiger partial charge in [0.25, 0.3) is 0 Å². The molecule has 1 saturated heterocycles. The number of hydrogen-bond acceptors (Lipinski definition) is 3. The van der Waals surface area contributed by atoms with E-state index in [4.69, 9.17) is 5.11 Å². The lowest BCUT2D eigenvalue weighted by atomic mass is 10.1. The summed E-state index contributed by atoms with van der Waals surface area (Å²) in [6, 6.07) is 7.64. The van der Waals surface area contributed by atoms with Crippen molar-refractivity contribution < 1.29 is 9.90 Å². The maximum absolute atomic E-state index is 11.0. The van der Waals surface area contributed by atoms with Gasteiger partial charge in [-0.25, -0.2) is 4.79 Å². The molecule has 2 heterocycles. The van der Waals surface area contributed by atoms with Crippen LogP contribution < -0.4 is 10.2 Å². The molecular formula is C13H15N3O2. The Balaban J connectivity index is 2.07. The topological polar surface area (TPSA) is 68.4 Å². The molecule has 0 radical (unpaired) electrons. The fourth-order valence-corrected chi connectivity index (χ4v) is 2.44. The molecule has 0 aliphatic carbocycles. The third-order valence-electron chi connectivity index (χ3n) is 3.33. The molecule has 0 atom stereocenters. The highest BCUT2D eigenvalue weighted by atomic mass is 16.4. The number of nitrogens with zero attached hydrogens (tertiary/aromatic N) is 1. The molecule has 2 aromatic rings. The Morgan fingerprint density at radius 3 is 2.78 bits per heavy atom. The highest BCUT2D eigenvalue weighted by molar-refractivity contribution is 5.99. The maximum atomic E-state index is 11.0. The van der Waals surface area contributed by atoms with E-state index < -0.39 is 5.97 Å². The number of aromatic amines is 1. The van der Waals surface area contributed by atoms with Gasteiger partial charge in [-0.3, -0.25) is 0 Å². The lowest BCUT2D eigenvalue weighted by molar-refractivity contribution is 0.0691. The van der Waals surface area contributed by atoms with Crippen molar-refractivity contribution in [3.8, 4) is 0 Å². The first-order chi connectivity index (χ1) is 8.75. The number of aromatic carboxylic acids is 1. The summed E-state index contributed by atoms with van der Waals surface area (Å²) in [7, 11) is 0. The number of fused-ring (bicyclic) bond motifs is 1. The molecule has 3 rings (SSSR count). The van der Waals surface area contributed by atoms with E-state index in [1.54, 1.807) is 6.07 Å². The number of hydrogen-bond donors (Lipinski definition) is 3. The van der Waals surface area contributed by atoms with Crippen molar-refractivity contribution >= 4 is 22.6 Å². The number of anilines is 1. The van der Waals surface area contributed by atoms with Gasteiger partial charge in [0.05, 0.1) is 0 Å². The van der Waals surface area contributed by atoms with Crippen LogP contribution in [0.5, 0.6) is 0 Å². The summed E-state index contributed by atoms with van der Waals surface area (Å²) in [6.07, 6.45) is 0. The van der Waals surface area contributed by atoms with Crippen LogP contribution in [0.4, 0.5) is 5.69 Å². The van der Waals surface area contributed by atoms with Gasteiger partial charge in [-0.1, -0.05) is 6.07 Å². The van der Waals surface area contributed by atoms with Crippen LogP contribution in [0, 0.1) is 0 Å². The van der Waals surface area contributed by atoms with Gasteiger partial charge in [0.2, 0.25) is 0 Å². The van der Waals surface area contributed by atoms with Crippen LogP contribution in [-0.2, 0) is 0 Å². The molecule has 0 amide bonds. The van der Waals surface area contributed by atoms with Crippen molar-refractivity contribution in [3.63, 3.8) is 0 Å². The highest BCUT2D eigenvalue weighted by Crippen LogP contribution is 2.27. The van der Waals surface area contributed by atoms with E-state index in [1.165, 1.54) is 0 Å². The SMILES string of the molecule is O=C(O)c1cc2c(N3CCNCC3)cccc2[nH]1. The van der Waals surface area contributed by atoms with Crippen LogP contribution in [0.15, 0.2) is 24.3 Å². The van der Waals surface area contributed by atoms with E-state index in [0.717, 1.165) is 42.8 Å². The minimum Gasteiger partial charge on any atom is -0.477 e. The Morgan fingerprint density at radius 1 is 1.28 bits per heavy atom. The predicted molar refractivity (Wildman–Crippen MR) is 70.3 cm³/mol. The first kappa shape index (κ1) is 11.1. The third-order valence-corrected chi connectivity index (χ3v) is 3.33. The number of nitrogens with one attached hydrogen (secondary N) is 2. The molecule has 18 heavy (non-hydrogen) atoms. The summed E-state index contributed by atoms with van der Waals surface area (Å²) in [5, 5.41) is 13.3. The lowest BCUT2D eigenvalue weighted by Gasteiger charge is -2.30. The van der Waals surface area contributed by atoms with Crippen LogP contribution in [0.2, 0.25) is 0 Å². The minimum atomic E-state index is -0.919. The molecule has 0 saturated carbocycles. The molecule has 5 nitrogen and oxygen atoms in total. The van der Waals surface area contributed by atoms with Gasteiger partial charge in [0.15, 0.2) is 0 Å². The van der Waals surface area contributed by atoms with Crippen molar-refractivity contribution in [2.24, 2.45) is 0 Å². The van der Waals surface area contributed by atoms with Crippen molar-refractivity contribution in [1.29, 1.82) is 0 Å². The first-order valence-corrected chi connectivity index (χ1v) is 6.06. The van der Waals surface area contributed by atoms with Gasteiger partial charge >= 0.3 is 5.97 Å². The van der Waals surface area contributed by atoms with Gasteiger partial charge in [-0.2, -0.15) is 0 Å². The third kappa shape index (κ3) is 1.82. The quantitative estimate of drug-likeness (QED) is 0.745. The summed E-state index contributed by atoms with van der Waals surface area (Å²) in [4.78, 5) is 16.2. The van der Waals surface area contributed by atoms with E-state index in [9.17, 15) is 4.79 Å². The smallest absolute Gasteiger partial charge is 0.352 e. The van der Waals surface area contributed by atoms with Crippen molar-refractivity contribution in [2.75, 3.05) is 31.1 Å². The standard InChI is InChI=1S/C13H15N3O2/c17-13(18)11-8-9-10(15-11)2-1-3-12(9)16-6-4-14-5-7-16/h1-3,8,14-15H,4-7H2,(H,17,18). The Morgan fingerprint density at radius 2 is 2.06 bits per heavy atom. The van der Waals surface area contributed by atoms with E-state index in [-0.39, 0.29) is 5.69 Å². The molecule has 1 aromatic heterocycles. The molecule has 1 aliphatic rings. The van der Waals surface area contributed by atoms with Gasteiger partial charge in [-0.05, 0) is 18.2 Å². The highest BCUT2D eigenvalue weighted by Gasteiger charge is 2.15. The van der Waals surface area contributed by atoms with Crippen LogP contribution in [0.25, 0.3) is 10.9 Å². The fraction of sp³-hybridized carbons (Fsp3) is 0.308. The summed E-state index contributed by atoms with van der Waals surface area (Å²) < 4.78 is 0.